The summed E-state index contributed by atoms with van der Waals surface area (Å²) in [6.45, 7) is 5.35. The highest BCUT2D eigenvalue weighted by atomic mass is 19.4. The Labute approximate surface area is 165 Å². The maximum Gasteiger partial charge on any atom is 0.416 e. The van der Waals surface area contributed by atoms with Gasteiger partial charge >= 0.3 is 12.1 Å². The molecule has 1 amide bonds. The zero-order valence-electron chi connectivity index (χ0n) is 16.2. The lowest BCUT2D eigenvalue weighted by Gasteiger charge is -2.09. The molecule has 0 radical (unpaired) electrons. The summed E-state index contributed by atoms with van der Waals surface area (Å²) in [6, 6.07) is 5.30. The highest BCUT2D eigenvalue weighted by Crippen LogP contribution is 2.29. The predicted molar refractivity (Wildman–Crippen MR) is 98.6 cm³/mol. The number of amides is 1. The van der Waals surface area contributed by atoms with E-state index in [9.17, 15) is 27.6 Å². The maximum absolute atomic E-state index is 12.5. The molecule has 2 aromatic rings. The molecule has 1 heterocycles. The van der Waals surface area contributed by atoms with Crippen LogP contribution in [0.1, 0.15) is 44.6 Å². The molecular weight excluding hydrogens is 389 g/mol. The zero-order chi connectivity index (χ0) is 21.8. The normalized spacial score (nSPS) is 11.2. The molecule has 0 aliphatic rings. The number of carbonyl (C=O) groups excluding carboxylic acids is 3. The molecule has 6 nitrogen and oxygen atoms in total. The van der Waals surface area contributed by atoms with Gasteiger partial charge in [-0.25, -0.2) is 0 Å². The van der Waals surface area contributed by atoms with E-state index in [2.05, 4.69) is 5.32 Å². The van der Waals surface area contributed by atoms with E-state index in [4.69, 9.17) is 4.74 Å². The van der Waals surface area contributed by atoms with Crippen LogP contribution >= 0.6 is 0 Å². The van der Waals surface area contributed by atoms with Crippen molar-refractivity contribution in [3.05, 3.63) is 58.4 Å². The van der Waals surface area contributed by atoms with E-state index in [1.807, 2.05) is 18.4 Å². The molecule has 2 rings (SSSR count). The second-order valence-electron chi connectivity index (χ2n) is 6.37. The second-order valence-corrected chi connectivity index (χ2v) is 6.37. The van der Waals surface area contributed by atoms with E-state index in [-0.39, 0.29) is 11.3 Å². The number of nitrogens with one attached hydrogen (secondary N) is 1. The van der Waals surface area contributed by atoms with E-state index < -0.39 is 36.8 Å². The Balaban J connectivity index is 1.85. The van der Waals surface area contributed by atoms with E-state index in [1.165, 1.54) is 0 Å². The summed E-state index contributed by atoms with van der Waals surface area (Å²) in [4.78, 5) is 35.9. The Morgan fingerprint density at radius 3 is 2.24 bits per heavy atom. The van der Waals surface area contributed by atoms with Crippen molar-refractivity contribution in [1.82, 2.24) is 9.88 Å². The van der Waals surface area contributed by atoms with Gasteiger partial charge in [0.05, 0.1) is 5.56 Å². The number of Topliss-reactive ketones (excluding diaryl/α,β-unsaturated/α-hetero) is 1. The summed E-state index contributed by atoms with van der Waals surface area (Å²) in [7, 11) is 0. The van der Waals surface area contributed by atoms with E-state index in [0.29, 0.717) is 12.1 Å². The molecule has 0 aliphatic heterocycles. The van der Waals surface area contributed by atoms with E-state index >= 15 is 0 Å². The summed E-state index contributed by atoms with van der Waals surface area (Å²) in [5.74, 6) is -1.92. The largest absolute Gasteiger partial charge is 0.456 e. The Bertz CT molecular complexity index is 915. The van der Waals surface area contributed by atoms with Crippen LogP contribution in [0.4, 0.5) is 13.2 Å². The quantitative estimate of drug-likeness (QED) is 0.561. The SMILES string of the molecule is CCn1c(C)cc(C(=O)COC(=O)CNC(=O)c2ccc(C(F)(F)F)cc2)c1C. The van der Waals surface area contributed by atoms with Crippen molar-refractivity contribution in [1.29, 1.82) is 0 Å². The summed E-state index contributed by atoms with van der Waals surface area (Å²) in [5, 5.41) is 2.24. The lowest BCUT2D eigenvalue weighted by Crippen LogP contribution is -2.31. The van der Waals surface area contributed by atoms with E-state index in [1.54, 1.807) is 13.0 Å². The minimum Gasteiger partial charge on any atom is -0.456 e. The molecule has 0 saturated carbocycles. The van der Waals surface area contributed by atoms with Gasteiger partial charge in [-0.05, 0) is 51.1 Å². The van der Waals surface area contributed by atoms with Crippen LogP contribution in [0.25, 0.3) is 0 Å². The van der Waals surface area contributed by atoms with Gasteiger partial charge in [0.1, 0.15) is 6.54 Å². The van der Waals surface area contributed by atoms with Gasteiger partial charge in [-0.1, -0.05) is 0 Å². The van der Waals surface area contributed by atoms with Crippen molar-refractivity contribution in [2.45, 2.75) is 33.5 Å². The first kappa shape index (κ1) is 22.2. The number of aromatic nitrogens is 1. The molecule has 1 aromatic heterocycles. The van der Waals surface area contributed by atoms with Crippen LogP contribution in [0.5, 0.6) is 0 Å². The van der Waals surface area contributed by atoms with Crippen molar-refractivity contribution in [2.24, 2.45) is 0 Å². The van der Waals surface area contributed by atoms with Crippen LogP contribution in [0.15, 0.2) is 30.3 Å². The molecule has 1 aromatic carbocycles. The number of nitrogens with zero attached hydrogens (tertiary/aromatic N) is 1. The van der Waals surface area contributed by atoms with Gasteiger partial charge in [-0.3, -0.25) is 14.4 Å². The number of rotatable bonds is 7. The molecule has 0 spiro atoms. The summed E-state index contributed by atoms with van der Waals surface area (Å²) >= 11 is 0. The van der Waals surface area contributed by atoms with Crippen LogP contribution in [0.3, 0.4) is 0 Å². The van der Waals surface area contributed by atoms with Crippen LogP contribution in [0.2, 0.25) is 0 Å². The number of carbonyl (C=O) groups is 3. The van der Waals surface area contributed by atoms with Gasteiger partial charge in [0.2, 0.25) is 5.78 Å². The zero-order valence-corrected chi connectivity index (χ0v) is 16.2. The van der Waals surface area contributed by atoms with Crippen molar-refractivity contribution < 1.29 is 32.3 Å². The molecule has 29 heavy (non-hydrogen) atoms. The first-order valence-corrected chi connectivity index (χ1v) is 8.85. The van der Waals surface area contributed by atoms with Gasteiger partial charge in [0.25, 0.3) is 5.91 Å². The van der Waals surface area contributed by atoms with Gasteiger partial charge in [-0.2, -0.15) is 13.2 Å². The number of alkyl halides is 3. The smallest absolute Gasteiger partial charge is 0.416 e. The number of hydrogen-bond donors (Lipinski definition) is 1. The monoisotopic (exact) mass is 410 g/mol. The minimum absolute atomic E-state index is 0.0334. The molecule has 0 unspecified atom stereocenters. The third kappa shape index (κ3) is 5.46. The number of aryl methyl sites for hydroxylation is 1. The number of ether oxygens (including phenoxy) is 1. The first-order valence-electron chi connectivity index (χ1n) is 8.85. The highest BCUT2D eigenvalue weighted by Gasteiger charge is 2.30. The topological polar surface area (TPSA) is 77.4 Å². The molecule has 0 saturated heterocycles. The summed E-state index contributed by atoms with van der Waals surface area (Å²) < 4.78 is 44.4. The third-order valence-electron chi connectivity index (χ3n) is 4.42. The number of halogens is 3. The van der Waals surface area contributed by atoms with Crippen molar-refractivity contribution in [2.75, 3.05) is 13.2 Å². The molecule has 1 N–H and O–H groups in total. The predicted octanol–water partition coefficient (Wildman–Crippen LogP) is 3.30. The Morgan fingerprint density at radius 2 is 1.72 bits per heavy atom. The number of esters is 1. The first-order chi connectivity index (χ1) is 13.5. The van der Waals surface area contributed by atoms with Crippen LogP contribution in [0, 0.1) is 13.8 Å². The Hall–Kier alpha value is -3.10. The average Bonchev–Trinajstić information content (AvgIpc) is 2.97. The Morgan fingerprint density at radius 1 is 1.10 bits per heavy atom. The molecule has 9 heteroatoms. The number of ketones is 1. The maximum atomic E-state index is 12.5. The molecule has 156 valence electrons. The second kappa shape index (κ2) is 8.93. The highest BCUT2D eigenvalue weighted by molar-refractivity contribution is 6.00. The average molecular weight is 410 g/mol. The van der Waals surface area contributed by atoms with Gasteiger partial charge in [-0.15, -0.1) is 0 Å². The standard InChI is InChI=1S/C20H21F3N2O4/c1-4-25-12(2)9-16(13(25)3)17(26)11-29-18(27)10-24-19(28)14-5-7-15(8-6-14)20(21,22)23/h5-9H,4,10-11H2,1-3H3,(H,24,28). The van der Waals surface area contributed by atoms with Crippen LogP contribution in [-0.2, 0) is 22.3 Å². The van der Waals surface area contributed by atoms with Crippen molar-refractivity contribution in [3.8, 4) is 0 Å². The van der Waals surface area contributed by atoms with Gasteiger partial charge in [0.15, 0.2) is 6.61 Å². The minimum atomic E-state index is -4.50. The fourth-order valence-electron chi connectivity index (χ4n) is 2.91. The molecule has 0 bridgehead atoms. The summed E-state index contributed by atoms with van der Waals surface area (Å²) in [5.41, 5.74) is 1.25. The van der Waals surface area contributed by atoms with Gasteiger partial charge in [0, 0.05) is 29.1 Å². The van der Waals surface area contributed by atoms with Crippen LogP contribution in [-0.4, -0.2) is 35.4 Å². The van der Waals surface area contributed by atoms with Gasteiger partial charge < -0.3 is 14.6 Å². The Kier molecular flexibility index (Phi) is 6.84. The number of hydrogen-bond acceptors (Lipinski definition) is 4. The third-order valence-corrected chi connectivity index (χ3v) is 4.42. The van der Waals surface area contributed by atoms with Crippen LogP contribution < -0.4 is 5.32 Å². The van der Waals surface area contributed by atoms with E-state index in [0.717, 1.165) is 35.7 Å². The summed E-state index contributed by atoms with van der Waals surface area (Å²) in [6.07, 6.45) is -4.50. The van der Waals surface area contributed by atoms with Crippen molar-refractivity contribution >= 4 is 17.7 Å². The molecule has 0 atom stereocenters. The molecule has 0 aliphatic carbocycles. The molecular formula is C20H21F3N2O4. The number of benzene rings is 1. The lowest BCUT2D eigenvalue weighted by molar-refractivity contribution is -0.141. The van der Waals surface area contributed by atoms with Crippen molar-refractivity contribution in [3.63, 3.8) is 0 Å². The fraction of sp³-hybridized carbons (Fsp3) is 0.350. The fourth-order valence-corrected chi connectivity index (χ4v) is 2.91. The molecule has 0 fully saturated rings. The lowest BCUT2D eigenvalue weighted by atomic mass is 10.1.